The zero-order valence-electron chi connectivity index (χ0n) is 14.2. The van der Waals surface area contributed by atoms with Gasteiger partial charge in [-0.3, -0.25) is 4.79 Å². The number of carbonyl (C=O) groups is 1. The smallest absolute Gasteiger partial charge is 0.255 e. The molecule has 0 aromatic heterocycles. The fourth-order valence-electron chi connectivity index (χ4n) is 2.58. The predicted molar refractivity (Wildman–Crippen MR) is 96.2 cm³/mol. The Balaban J connectivity index is 2.20. The molecule has 0 spiro atoms. The van der Waals surface area contributed by atoms with Crippen molar-refractivity contribution in [3.8, 4) is 5.75 Å². The molecule has 0 aliphatic heterocycles. The predicted octanol–water partition coefficient (Wildman–Crippen LogP) is 2.27. The maximum Gasteiger partial charge on any atom is 0.255 e. The van der Waals surface area contributed by atoms with Crippen molar-refractivity contribution < 1.29 is 17.9 Å². The van der Waals surface area contributed by atoms with Gasteiger partial charge in [0.25, 0.3) is 5.91 Å². The molecule has 0 saturated carbocycles. The molecule has 0 bridgehead atoms. The highest BCUT2D eigenvalue weighted by molar-refractivity contribution is 7.89. The van der Waals surface area contributed by atoms with Crippen LogP contribution in [-0.4, -0.2) is 28.0 Å². The molecule has 2 rings (SSSR count). The first-order valence-corrected chi connectivity index (χ1v) is 9.45. The highest BCUT2D eigenvalue weighted by Gasteiger charge is 2.18. The summed E-state index contributed by atoms with van der Waals surface area (Å²) in [6.07, 6.45) is 0.860. The minimum absolute atomic E-state index is 0.131. The second-order valence-corrected chi connectivity index (χ2v) is 7.19. The van der Waals surface area contributed by atoms with Gasteiger partial charge in [-0.05, 0) is 30.2 Å². The first-order chi connectivity index (χ1) is 11.9. The van der Waals surface area contributed by atoms with E-state index < -0.39 is 15.9 Å². The van der Waals surface area contributed by atoms with Crippen LogP contribution in [0.4, 0.5) is 0 Å². The molecule has 0 radical (unpaired) electrons. The summed E-state index contributed by atoms with van der Waals surface area (Å²) < 4.78 is 28.2. The van der Waals surface area contributed by atoms with Crippen molar-refractivity contribution in [3.63, 3.8) is 0 Å². The van der Waals surface area contributed by atoms with E-state index in [-0.39, 0.29) is 22.1 Å². The van der Waals surface area contributed by atoms with E-state index in [2.05, 4.69) is 5.32 Å². The summed E-state index contributed by atoms with van der Waals surface area (Å²) in [5.74, 6) is 0.0481. The highest BCUT2D eigenvalue weighted by Crippen LogP contribution is 2.23. The van der Waals surface area contributed by atoms with Crippen molar-refractivity contribution in [2.45, 2.75) is 24.2 Å². The molecule has 7 heteroatoms. The number of benzene rings is 2. The van der Waals surface area contributed by atoms with Crippen molar-refractivity contribution in [1.82, 2.24) is 5.32 Å². The van der Waals surface area contributed by atoms with Crippen molar-refractivity contribution in [3.05, 3.63) is 59.7 Å². The summed E-state index contributed by atoms with van der Waals surface area (Å²) >= 11 is 0. The van der Waals surface area contributed by atoms with Gasteiger partial charge in [-0.2, -0.15) is 0 Å². The van der Waals surface area contributed by atoms with Gasteiger partial charge in [-0.25, -0.2) is 13.6 Å². The molecule has 1 unspecified atom stereocenters. The number of ether oxygens (including phenoxy) is 1. The first-order valence-electron chi connectivity index (χ1n) is 7.90. The second kappa shape index (κ2) is 8.13. The zero-order valence-corrected chi connectivity index (χ0v) is 15.0. The van der Waals surface area contributed by atoms with Crippen LogP contribution in [0.15, 0.2) is 53.4 Å². The van der Waals surface area contributed by atoms with Gasteiger partial charge in [0, 0.05) is 12.5 Å². The van der Waals surface area contributed by atoms with E-state index in [4.69, 9.17) is 9.88 Å². The Morgan fingerprint density at radius 2 is 1.88 bits per heavy atom. The Kier molecular flexibility index (Phi) is 6.17. The number of nitrogens with one attached hydrogen (secondary N) is 1. The molecule has 1 amide bonds. The molecule has 2 aromatic rings. The van der Waals surface area contributed by atoms with Crippen LogP contribution in [0.25, 0.3) is 0 Å². The van der Waals surface area contributed by atoms with Gasteiger partial charge in [0.2, 0.25) is 10.0 Å². The average molecular weight is 362 g/mol. The molecule has 0 aliphatic rings. The van der Waals surface area contributed by atoms with Crippen LogP contribution < -0.4 is 15.2 Å². The van der Waals surface area contributed by atoms with Crippen molar-refractivity contribution in [2.75, 3.05) is 13.7 Å². The van der Waals surface area contributed by atoms with E-state index in [1.165, 1.54) is 25.3 Å². The molecule has 134 valence electrons. The third kappa shape index (κ3) is 4.80. The normalized spacial score (nSPS) is 12.4. The van der Waals surface area contributed by atoms with Gasteiger partial charge in [-0.15, -0.1) is 0 Å². The van der Waals surface area contributed by atoms with Gasteiger partial charge in [-0.1, -0.05) is 37.3 Å². The van der Waals surface area contributed by atoms with Crippen molar-refractivity contribution in [1.29, 1.82) is 0 Å². The number of nitrogens with two attached hydrogens (primary N) is 1. The van der Waals surface area contributed by atoms with Gasteiger partial charge in [0.05, 0.1) is 17.6 Å². The zero-order chi connectivity index (χ0) is 18.4. The molecule has 0 saturated heterocycles. The van der Waals surface area contributed by atoms with Gasteiger partial charge >= 0.3 is 0 Å². The fraction of sp³-hybridized carbons (Fsp3) is 0.278. The molecule has 0 heterocycles. The summed E-state index contributed by atoms with van der Waals surface area (Å²) in [6, 6.07) is 13.8. The van der Waals surface area contributed by atoms with Crippen LogP contribution in [0.5, 0.6) is 5.75 Å². The van der Waals surface area contributed by atoms with Crippen LogP contribution in [0, 0.1) is 0 Å². The van der Waals surface area contributed by atoms with Gasteiger partial charge in [0.15, 0.2) is 0 Å². The number of hydrogen-bond donors (Lipinski definition) is 2. The molecule has 6 nitrogen and oxygen atoms in total. The van der Waals surface area contributed by atoms with Crippen LogP contribution >= 0.6 is 0 Å². The van der Waals surface area contributed by atoms with E-state index in [9.17, 15) is 13.2 Å². The third-order valence-corrected chi connectivity index (χ3v) is 4.93. The Hall–Kier alpha value is -2.38. The molecule has 2 aromatic carbocycles. The molecular formula is C18H22N2O4S. The Morgan fingerprint density at radius 3 is 2.44 bits per heavy atom. The maximum absolute atomic E-state index is 12.5. The topological polar surface area (TPSA) is 98.5 Å². The minimum atomic E-state index is -3.90. The number of hydrogen-bond acceptors (Lipinski definition) is 4. The molecule has 0 aliphatic carbocycles. The van der Waals surface area contributed by atoms with Crippen LogP contribution in [-0.2, 0) is 10.0 Å². The van der Waals surface area contributed by atoms with Crippen LogP contribution in [0.3, 0.4) is 0 Å². The van der Waals surface area contributed by atoms with E-state index in [0.717, 1.165) is 12.0 Å². The first kappa shape index (κ1) is 19.0. The molecule has 0 fully saturated rings. The Labute approximate surface area is 148 Å². The summed E-state index contributed by atoms with van der Waals surface area (Å²) in [5.41, 5.74) is 1.27. The molecule has 25 heavy (non-hydrogen) atoms. The van der Waals surface area contributed by atoms with Crippen molar-refractivity contribution >= 4 is 15.9 Å². The second-order valence-electron chi connectivity index (χ2n) is 5.63. The number of amides is 1. The number of primary sulfonamides is 1. The largest absolute Gasteiger partial charge is 0.496 e. The standard InChI is InChI=1S/C18H22N2O4S/c1-3-13(14-7-5-4-6-8-14)12-20-18(21)16-11-15(25(19,22)23)9-10-17(16)24-2/h4-11,13H,3,12H2,1-2H3,(H,20,21)(H2,19,22,23). The summed E-state index contributed by atoms with van der Waals surface area (Å²) in [7, 11) is -2.48. The third-order valence-electron chi connectivity index (χ3n) is 4.02. The van der Waals surface area contributed by atoms with Crippen molar-refractivity contribution in [2.24, 2.45) is 5.14 Å². The summed E-state index contributed by atoms with van der Waals surface area (Å²) in [6.45, 7) is 2.48. The SMILES string of the molecule is CCC(CNC(=O)c1cc(S(N)(=O)=O)ccc1OC)c1ccccc1. The number of methoxy groups -OCH3 is 1. The summed E-state index contributed by atoms with van der Waals surface area (Å²) in [5, 5.41) is 7.98. The number of sulfonamides is 1. The number of rotatable bonds is 7. The van der Waals surface area contributed by atoms with E-state index in [0.29, 0.717) is 6.54 Å². The summed E-state index contributed by atoms with van der Waals surface area (Å²) in [4.78, 5) is 12.4. The molecule has 1 atom stereocenters. The number of carbonyl (C=O) groups excluding carboxylic acids is 1. The van der Waals surface area contributed by atoms with Crippen LogP contribution in [0.2, 0.25) is 0 Å². The average Bonchev–Trinajstić information content (AvgIpc) is 2.61. The van der Waals surface area contributed by atoms with E-state index >= 15 is 0 Å². The van der Waals surface area contributed by atoms with Gasteiger partial charge in [0.1, 0.15) is 5.75 Å². The van der Waals surface area contributed by atoms with E-state index in [1.807, 2.05) is 37.3 Å². The lowest BCUT2D eigenvalue weighted by Crippen LogP contribution is -2.29. The lowest BCUT2D eigenvalue weighted by molar-refractivity contribution is 0.0947. The highest BCUT2D eigenvalue weighted by atomic mass is 32.2. The monoisotopic (exact) mass is 362 g/mol. The Bertz CT molecular complexity index is 835. The quantitative estimate of drug-likeness (QED) is 0.789. The fourth-order valence-corrected chi connectivity index (χ4v) is 3.12. The minimum Gasteiger partial charge on any atom is -0.496 e. The maximum atomic E-state index is 12.5. The lowest BCUT2D eigenvalue weighted by Gasteiger charge is -2.17. The molecule has 3 N–H and O–H groups in total. The molecular weight excluding hydrogens is 340 g/mol. The lowest BCUT2D eigenvalue weighted by atomic mass is 9.96. The van der Waals surface area contributed by atoms with E-state index in [1.54, 1.807) is 0 Å². The van der Waals surface area contributed by atoms with Gasteiger partial charge < -0.3 is 10.1 Å². The van der Waals surface area contributed by atoms with Crippen LogP contribution in [0.1, 0.15) is 35.2 Å². The Morgan fingerprint density at radius 1 is 1.20 bits per heavy atom.